The molecule has 0 aliphatic rings. The summed E-state index contributed by atoms with van der Waals surface area (Å²) in [7, 11) is 3.32. The predicted molar refractivity (Wildman–Crippen MR) is 124 cm³/mol. The van der Waals surface area contributed by atoms with Crippen LogP contribution in [0.2, 0.25) is 0 Å². The summed E-state index contributed by atoms with van der Waals surface area (Å²) >= 11 is 0. The lowest BCUT2D eigenvalue weighted by molar-refractivity contribution is -0.135. The molecule has 0 bridgehead atoms. The van der Waals surface area contributed by atoms with E-state index in [1.807, 2.05) is 25.1 Å². The number of anilines is 1. The van der Waals surface area contributed by atoms with Gasteiger partial charge in [0.25, 0.3) is 11.8 Å². The summed E-state index contributed by atoms with van der Waals surface area (Å²) in [6, 6.07) is 14.5. The van der Waals surface area contributed by atoms with Gasteiger partial charge >= 0.3 is 0 Å². The Bertz CT molecular complexity index is 1020. The van der Waals surface area contributed by atoms with Crippen LogP contribution in [0.1, 0.15) is 31.9 Å². The highest BCUT2D eigenvalue weighted by Gasteiger charge is 2.19. The number of nitrogens with one attached hydrogen (secondary N) is 1. The number of nitrogens with zero attached hydrogens (tertiary/aromatic N) is 2. The molecule has 7 heteroatoms. The first-order valence-corrected chi connectivity index (χ1v) is 10.5. The van der Waals surface area contributed by atoms with Gasteiger partial charge in [-0.2, -0.15) is 5.26 Å². The second-order valence-corrected chi connectivity index (χ2v) is 7.31. The van der Waals surface area contributed by atoms with E-state index in [0.717, 1.165) is 12.0 Å². The maximum absolute atomic E-state index is 12.6. The van der Waals surface area contributed by atoms with Crippen molar-refractivity contribution in [1.82, 2.24) is 4.90 Å². The SMILES string of the molecule is CCOc1cc(/C=C(\C#N)C(=O)Nc2ccc(CC)cc2)ccc1OC(C)C(=O)N(C)C. The number of amides is 2. The second-order valence-electron chi connectivity index (χ2n) is 7.31. The first kappa shape index (κ1) is 24.5. The van der Waals surface area contributed by atoms with Crippen molar-refractivity contribution in [3.63, 3.8) is 0 Å². The van der Waals surface area contributed by atoms with Crippen molar-refractivity contribution in [1.29, 1.82) is 5.26 Å². The Hall–Kier alpha value is -3.79. The summed E-state index contributed by atoms with van der Waals surface area (Å²) in [6.45, 7) is 5.94. The molecule has 2 amide bonds. The number of nitriles is 1. The number of carbonyl (C=O) groups excluding carboxylic acids is 2. The van der Waals surface area contributed by atoms with Gasteiger partial charge in [-0.05, 0) is 61.7 Å². The number of hydrogen-bond donors (Lipinski definition) is 1. The molecule has 32 heavy (non-hydrogen) atoms. The fourth-order valence-corrected chi connectivity index (χ4v) is 2.92. The molecule has 0 aromatic heterocycles. The molecule has 0 aliphatic carbocycles. The second kappa shape index (κ2) is 11.6. The molecule has 0 heterocycles. The molecule has 2 rings (SSSR count). The largest absolute Gasteiger partial charge is 0.490 e. The van der Waals surface area contributed by atoms with E-state index in [4.69, 9.17) is 9.47 Å². The highest BCUT2D eigenvalue weighted by Crippen LogP contribution is 2.30. The summed E-state index contributed by atoms with van der Waals surface area (Å²) in [5.41, 5.74) is 2.33. The molecule has 0 fully saturated rings. The molecule has 1 atom stereocenters. The van der Waals surface area contributed by atoms with Gasteiger partial charge in [0.1, 0.15) is 11.6 Å². The van der Waals surface area contributed by atoms with Gasteiger partial charge in [-0.15, -0.1) is 0 Å². The molecule has 2 aromatic carbocycles. The Labute approximate surface area is 189 Å². The Morgan fingerprint density at radius 1 is 1.12 bits per heavy atom. The Balaban J connectivity index is 2.24. The van der Waals surface area contributed by atoms with Gasteiger partial charge in [0, 0.05) is 19.8 Å². The Morgan fingerprint density at radius 2 is 1.81 bits per heavy atom. The minimum Gasteiger partial charge on any atom is -0.490 e. The van der Waals surface area contributed by atoms with Gasteiger partial charge in [0.05, 0.1) is 6.61 Å². The van der Waals surface area contributed by atoms with Crippen molar-refractivity contribution < 1.29 is 19.1 Å². The van der Waals surface area contributed by atoms with Crippen molar-refractivity contribution in [3.05, 3.63) is 59.2 Å². The smallest absolute Gasteiger partial charge is 0.266 e. The number of rotatable bonds is 9. The number of aryl methyl sites for hydroxylation is 1. The monoisotopic (exact) mass is 435 g/mol. The van der Waals surface area contributed by atoms with Gasteiger partial charge in [-0.3, -0.25) is 9.59 Å². The molecular weight excluding hydrogens is 406 g/mol. The van der Waals surface area contributed by atoms with Crippen molar-refractivity contribution in [3.8, 4) is 17.6 Å². The third kappa shape index (κ3) is 6.61. The first-order valence-electron chi connectivity index (χ1n) is 10.5. The highest BCUT2D eigenvalue weighted by molar-refractivity contribution is 6.09. The predicted octanol–water partition coefficient (Wildman–Crippen LogP) is 4.05. The van der Waals surface area contributed by atoms with Crippen molar-refractivity contribution >= 4 is 23.6 Å². The van der Waals surface area contributed by atoms with E-state index < -0.39 is 12.0 Å². The third-order valence-corrected chi connectivity index (χ3v) is 4.66. The van der Waals surface area contributed by atoms with Crippen LogP contribution in [0.3, 0.4) is 0 Å². The summed E-state index contributed by atoms with van der Waals surface area (Å²) in [6.07, 6.45) is 1.70. The number of ether oxygens (including phenoxy) is 2. The minimum atomic E-state index is -0.690. The molecule has 0 saturated heterocycles. The maximum Gasteiger partial charge on any atom is 0.266 e. The van der Waals surface area contributed by atoms with Gasteiger partial charge in [-0.25, -0.2) is 0 Å². The topological polar surface area (TPSA) is 91.7 Å². The van der Waals surface area contributed by atoms with Crippen LogP contribution in [0.5, 0.6) is 11.5 Å². The Morgan fingerprint density at radius 3 is 2.38 bits per heavy atom. The summed E-state index contributed by atoms with van der Waals surface area (Å²) in [5.74, 6) is 0.158. The van der Waals surface area contributed by atoms with Crippen LogP contribution in [0.4, 0.5) is 5.69 Å². The fourth-order valence-electron chi connectivity index (χ4n) is 2.92. The highest BCUT2D eigenvalue weighted by atomic mass is 16.5. The maximum atomic E-state index is 12.6. The van der Waals surface area contributed by atoms with Crippen molar-refractivity contribution in [2.45, 2.75) is 33.3 Å². The van der Waals surface area contributed by atoms with Gasteiger partial charge < -0.3 is 19.7 Å². The van der Waals surface area contributed by atoms with Gasteiger partial charge in [0.2, 0.25) is 0 Å². The van der Waals surface area contributed by atoms with Crippen LogP contribution < -0.4 is 14.8 Å². The van der Waals surface area contributed by atoms with E-state index in [1.165, 1.54) is 11.0 Å². The average Bonchev–Trinajstić information content (AvgIpc) is 2.78. The van der Waals surface area contributed by atoms with E-state index in [0.29, 0.717) is 29.4 Å². The van der Waals surface area contributed by atoms with Crippen LogP contribution in [-0.4, -0.2) is 43.5 Å². The number of benzene rings is 2. The molecule has 168 valence electrons. The molecule has 2 aromatic rings. The van der Waals surface area contributed by atoms with E-state index in [-0.39, 0.29) is 11.5 Å². The minimum absolute atomic E-state index is 0.0446. The van der Waals surface area contributed by atoms with Crippen LogP contribution in [0.25, 0.3) is 6.08 Å². The standard InChI is InChI=1S/C25H29N3O4/c1-6-18-8-11-21(12-9-18)27-24(29)20(16-26)14-19-10-13-22(23(15-19)31-7-2)32-17(3)25(30)28(4)5/h8-15,17H,6-7H2,1-5H3,(H,27,29)/b20-14+. The lowest BCUT2D eigenvalue weighted by Gasteiger charge is -2.20. The lowest BCUT2D eigenvalue weighted by atomic mass is 10.1. The first-order chi connectivity index (χ1) is 15.3. The molecule has 1 N–H and O–H groups in total. The van der Waals surface area contributed by atoms with Crippen molar-refractivity contribution in [2.75, 3.05) is 26.0 Å². The molecule has 0 spiro atoms. The quantitative estimate of drug-likeness (QED) is 0.474. The normalized spacial score (nSPS) is 11.8. The van der Waals surface area contributed by atoms with Crippen LogP contribution in [0, 0.1) is 11.3 Å². The Kier molecular flexibility index (Phi) is 8.84. The van der Waals surface area contributed by atoms with E-state index >= 15 is 0 Å². The number of carbonyl (C=O) groups is 2. The summed E-state index contributed by atoms with van der Waals surface area (Å²) < 4.78 is 11.4. The molecule has 0 saturated carbocycles. The molecule has 0 aliphatic heterocycles. The zero-order valence-corrected chi connectivity index (χ0v) is 19.1. The van der Waals surface area contributed by atoms with E-state index in [2.05, 4.69) is 12.2 Å². The number of likely N-dealkylation sites (N-methyl/N-ethyl adjacent to an activating group) is 1. The molecular formula is C25H29N3O4. The van der Waals surface area contributed by atoms with Gasteiger partial charge in [-0.1, -0.05) is 25.1 Å². The third-order valence-electron chi connectivity index (χ3n) is 4.66. The lowest BCUT2D eigenvalue weighted by Crippen LogP contribution is -2.35. The average molecular weight is 436 g/mol. The molecule has 1 unspecified atom stereocenters. The number of hydrogen-bond acceptors (Lipinski definition) is 5. The van der Waals surface area contributed by atoms with Crippen molar-refractivity contribution in [2.24, 2.45) is 0 Å². The summed E-state index contributed by atoms with van der Waals surface area (Å²) in [4.78, 5) is 26.1. The van der Waals surface area contributed by atoms with Crippen LogP contribution in [0.15, 0.2) is 48.0 Å². The van der Waals surface area contributed by atoms with Crippen LogP contribution in [-0.2, 0) is 16.0 Å². The van der Waals surface area contributed by atoms with Crippen LogP contribution >= 0.6 is 0 Å². The van der Waals surface area contributed by atoms with Gasteiger partial charge in [0.15, 0.2) is 17.6 Å². The zero-order valence-electron chi connectivity index (χ0n) is 19.1. The van der Waals surface area contributed by atoms with E-state index in [1.54, 1.807) is 51.4 Å². The zero-order chi connectivity index (χ0) is 23.7. The van der Waals surface area contributed by atoms with E-state index in [9.17, 15) is 14.9 Å². The summed E-state index contributed by atoms with van der Waals surface area (Å²) in [5, 5.41) is 12.2. The fraction of sp³-hybridized carbons (Fsp3) is 0.320. The molecule has 0 radical (unpaired) electrons. The molecule has 7 nitrogen and oxygen atoms in total.